The van der Waals surface area contributed by atoms with E-state index in [1.165, 1.54) is 0 Å². The van der Waals surface area contributed by atoms with Crippen molar-refractivity contribution in [1.82, 2.24) is 20.1 Å². The van der Waals surface area contributed by atoms with Crippen molar-refractivity contribution < 1.29 is 0 Å². The quantitative estimate of drug-likeness (QED) is 0.908. The molecule has 0 amide bonds. The highest BCUT2D eigenvalue weighted by molar-refractivity contribution is 7.09. The highest BCUT2D eigenvalue weighted by Gasteiger charge is 2.22. The van der Waals surface area contributed by atoms with Crippen LogP contribution in [0.4, 0.5) is 0 Å². The summed E-state index contributed by atoms with van der Waals surface area (Å²) in [6.45, 7) is 5.81. The largest absolute Gasteiger partial charge is 0.304 e. The van der Waals surface area contributed by atoms with Crippen molar-refractivity contribution in [3.05, 3.63) is 33.5 Å². The summed E-state index contributed by atoms with van der Waals surface area (Å²) in [5.74, 6) is 0. The molecule has 17 heavy (non-hydrogen) atoms. The number of aromatic nitrogens is 3. The van der Waals surface area contributed by atoms with Crippen LogP contribution in [-0.4, -0.2) is 21.3 Å². The van der Waals surface area contributed by atoms with E-state index in [0.29, 0.717) is 5.02 Å². The number of nitrogens with zero attached hydrogens (tertiary/aromatic N) is 3. The van der Waals surface area contributed by atoms with Gasteiger partial charge < -0.3 is 5.32 Å². The summed E-state index contributed by atoms with van der Waals surface area (Å²) < 4.78 is 1.93. The predicted molar refractivity (Wildman–Crippen MR) is 70.5 cm³/mol. The van der Waals surface area contributed by atoms with Gasteiger partial charge >= 0.3 is 0 Å². The molecule has 0 aliphatic carbocycles. The molecular weight excluding hydrogens is 256 g/mol. The summed E-state index contributed by atoms with van der Waals surface area (Å²) in [5.41, 5.74) is 2.85. The van der Waals surface area contributed by atoms with Gasteiger partial charge in [0.1, 0.15) is 0 Å². The van der Waals surface area contributed by atoms with Crippen molar-refractivity contribution in [2.75, 3.05) is 6.54 Å². The number of nitrogens with one attached hydrogen (secondary N) is 1. The van der Waals surface area contributed by atoms with Crippen LogP contribution in [0.25, 0.3) is 0 Å². The van der Waals surface area contributed by atoms with Crippen LogP contribution in [0.1, 0.15) is 30.5 Å². The lowest BCUT2D eigenvalue weighted by molar-refractivity contribution is 0.547. The molecule has 2 heterocycles. The smallest absolute Gasteiger partial charge is 0.0873 e. The minimum atomic E-state index is 0.0717. The molecular formula is C11H15ClN4S. The number of aryl methyl sites for hydroxylation is 1. The van der Waals surface area contributed by atoms with Gasteiger partial charge in [0.25, 0.3) is 0 Å². The summed E-state index contributed by atoms with van der Waals surface area (Å²) in [7, 11) is 0. The van der Waals surface area contributed by atoms with Crippen LogP contribution in [0.3, 0.4) is 0 Å². The zero-order valence-electron chi connectivity index (χ0n) is 9.85. The maximum Gasteiger partial charge on any atom is 0.0873 e. The third kappa shape index (κ3) is 2.51. The normalized spacial score (nSPS) is 12.9. The van der Waals surface area contributed by atoms with E-state index >= 15 is 0 Å². The van der Waals surface area contributed by atoms with E-state index in [2.05, 4.69) is 29.2 Å². The van der Waals surface area contributed by atoms with Crippen molar-refractivity contribution >= 4 is 22.9 Å². The van der Waals surface area contributed by atoms with E-state index in [9.17, 15) is 0 Å². The Balaban J connectivity index is 2.42. The highest BCUT2D eigenvalue weighted by Crippen LogP contribution is 2.30. The lowest BCUT2D eigenvalue weighted by Gasteiger charge is -2.17. The topological polar surface area (TPSA) is 42.7 Å². The Morgan fingerprint density at radius 1 is 1.47 bits per heavy atom. The molecule has 2 aromatic heterocycles. The fraction of sp³-hybridized carbons (Fsp3) is 0.455. The molecule has 0 saturated carbocycles. The third-order valence-electron chi connectivity index (χ3n) is 2.55. The van der Waals surface area contributed by atoms with Crippen molar-refractivity contribution in [2.24, 2.45) is 0 Å². The molecule has 0 saturated heterocycles. The minimum Gasteiger partial charge on any atom is -0.304 e. The molecule has 0 aromatic carbocycles. The Labute approximate surface area is 110 Å². The molecule has 0 radical (unpaired) electrons. The molecule has 92 valence electrons. The average Bonchev–Trinajstić information content (AvgIpc) is 2.95. The van der Waals surface area contributed by atoms with Crippen LogP contribution in [0.15, 0.2) is 17.9 Å². The molecule has 6 heteroatoms. The minimum absolute atomic E-state index is 0.0717. The summed E-state index contributed by atoms with van der Waals surface area (Å²) in [6.07, 6.45) is 3.58. The fourth-order valence-corrected chi connectivity index (χ4v) is 2.76. The van der Waals surface area contributed by atoms with Crippen LogP contribution in [-0.2, 0) is 6.54 Å². The zero-order valence-corrected chi connectivity index (χ0v) is 11.4. The molecule has 2 aromatic rings. The summed E-state index contributed by atoms with van der Waals surface area (Å²) in [4.78, 5) is 5.28. The van der Waals surface area contributed by atoms with E-state index in [0.717, 1.165) is 23.7 Å². The standard InChI is InChI=1S/C11H15ClN4S/c1-3-14-10(9-6-13-7-17-9)11-8(12)5-15-16(11)4-2/h5-7,10,14H,3-4H2,1-2H3. The van der Waals surface area contributed by atoms with Crippen molar-refractivity contribution in [3.63, 3.8) is 0 Å². The molecule has 2 rings (SSSR count). The number of hydrogen-bond donors (Lipinski definition) is 1. The SMILES string of the molecule is CCNC(c1cncs1)c1c(Cl)cnn1CC. The first-order valence-corrected chi connectivity index (χ1v) is 6.86. The second-order valence-electron chi connectivity index (χ2n) is 3.59. The van der Waals surface area contributed by atoms with E-state index in [4.69, 9.17) is 11.6 Å². The van der Waals surface area contributed by atoms with Gasteiger partial charge in [-0.2, -0.15) is 5.10 Å². The molecule has 1 unspecified atom stereocenters. The molecule has 4 nitrogen and oxygen atoms in total. The van der Waals surface area contributed by atoms with E-state index in [-0.39, 0.29) is 6.04 Å². The van der Waals surface area contributed by atoms with Gasteiger partial charge in [-0.15, -0.1) is 11.3 Å². The maximum atomic E-state index is 6.23. The monoisotopic (exact) mass is 270 g/mol. The molecule has 0 fully saturated rings. The molecule has 0 aliphatic rings. The number of halogens is 1. The molecule has 0 aliphatic heterocycles. The van der Waals surface area contributed by atoms with E-state index in [1.807, 2.05) is 16.4 Å². The van der Waals surface area contributed by atoms with E-state index < -0.39 is 0 Å². The Morgan fingerprint density at radius 3 is 2.88 bits per heavy atom. The number of hydrogen-bond acceptors (Lipinski definition) is 4. The second kappa shape index (κ2) is 5.62. The molecule has 1 atom stereocenters. The Hall–Kier alpha value is -0.910. The number of rotatable bonds is 5. The Kier molecular flexibility index (Phi) is 4.15. The average molecular weight is 271 g/mol. The third-order valence-corrected chi connectivity index (χ3v) is 3.68. The van der Waals surface area contributed by atoms with Crippen molar-refractivity contribution in [3.8, 4) is 0 Å². The lowest BCUT2D eigenvalue weighted by atomic mass is 10.2. The summed E-state index contributed by atoms with van der Waals surface area (Å²) in [5, 5.41) is 8.40. The van der Waals surface area contributed by atoms with Gasteiger partial charge in [0.15, 0.2) is 0 Å². The first kappa shape index (κ1) is 12.5. The van der Waals surface area contributed by atoms with Gasteiger partial charge in [-0.25, -0.2) is 0 Å². The van der Waals surface area contributed by atoms with Crippen LogP contribution in [0, 0.1) is 0 Å². The maximum absolute atomic E-state index is 6.23. The van der Waals surface area contributed by atoms with Crippen LogP contribution in [0.5, 0.6) is 0 Å². The van der Waals surface area contributed by atoms with Gasteiger partial charge in [0.05, 0.1) is 28.5 Å². The molecule has 0 spiro atoms. The van der Waals surface area contributed by atoms with E-state index in [1.54, 1.807) is 17.5 Å². The molecule has 0 bridgehead atoms. The summed E-state index contributed by atoms with van der Waals surface area (Å²) in [6, 6.07) is 0.0717. The fourth-order valence-electron chi connectivity index (χ4n) is 1.82. The first-order chi connectivity index (χ1) is 8.27. The second-order valence-corrected chi connectivity index (χ2v) is 4.91. The van der Waals surface area contributed by atoms with Crippen molar-refractivity contribution in [2.45, 2.75) is 26.4 Å². The van der Waals surface area contributed by atoms with Gasteiger partial charge in [0, 0.05) is 17.6 Å². The zero-order chi connectivity index (χ0) is 12.3. The highest BCUT2D eigenvalue weighted by atomic mass is 35.5. The van der Waals surface area contributed by atoms with Gasteiger partial charge in [-0.1, -0.05) is 18.5 Å². The summed E-state index contributed by atoms with van der Waals surface area (Å²) >= 11 is 7.86. The van der Waals surface area contributed by atoms with Gasteiger partial charge in [-0.05, 0) is 13.5 Å². The number of thiazole rings is 1. The van der Waals surface area contributed by atoms with Crippen LogP contribution < -0.4 is 5.32 Å². The first-order valence-electron chi connectivity index (χ1n) is 5.60. The predicted octanol–water partition coefficient (Wildman–Crippen LogP) is 2.71. The Bertz CT molecular complexity index is 466. The lowest BCUT2D eigenvalue weighted by Crippen LogP contribution is -2.24. The van der Waals surface area contributed by atoms with Crippen molar-refractivity contribution in [1.29, 1.82) is 0 Å². The van der Waals surface area contributed by atoms with Crippen LogP contribution >= 0.6 is 22.9 Å². The molecule has 1 N–H and O–H groups in total. The van der Waals surface area contributed by atoms with Gasteiger partial charge in [-0.3, -0.25) is 9.67 Å². The van der Waals surface area contributed by atoms with Gasteiger partial charge in [0.2, 0.25) is 0 Å². The Morgan fingerprint density at radius 2 is 2.29 bits per heavy atom. The van der Waals surface area contributed by atoms with Crippen LogP contribution in [0.2, 0.25) is 5.02 Å².